The molecule has 0 aliphatic heterocycles. The van der Waals surface area contributed by atoms with Crippen molar-refractivity contribution in [3.8, 4) is 0 Å². The number of nitrogens with zero attached hydrogens (tertiary/aromatic N) is 2. The fourth-order valence-electron chi connectivity index (χ4n) is 3.67. The Morgan fingerprint density at radius 1 is 1.40 bits per heavy atom. The molecule has 132 valence electrons. The van der Waals surface area contributed by atoms with Gasteiger partial charge in [-0.3, -0.25) is 9.20 Å². The Morgan fingerprint density at radius 3 is 2.64 bits per heavy atom. The molecule has 3 rings (SSSR count). The van der Waals surface area contributed by atoms with Crippen LogP contribution in [0.1, 0.15) is 69.1 Å². The van der Waals surface area contributed by atoms with Gasteiger partial charge in [0.25, 0.3) is 5.56 Å². The molecule has 5 nitrogen and oxygen atoms in total. The predicted octanol–water partition coefficient (Wildman–Crippen LogP) is 3.64. The molecule has 0 spiro atoms. The van der Waals surface area contributed by atoms with E-state index in [1.54, 1.807) is 23.7 Å². The zero-order valence-corrected chi connectivity index (χ0v) is 15.2. The molecule has 0 unspecified atom stereocenters. The van der Waals surface area contributed by atoms with Gasteiger partial charge in [-0.25, -0.2) is 4.98 Å². The molecular formula is C20H26N4O. The Bertz CT molecular complexity index is 915. The van der Waals surface area contributed by atoms with Crippen molar-refractivity contribution in [3.63, 3.8) is 0 Å². The van der Waals surface area contributed by atoms with E-state index < -0.39 is 0 Å². The lowest BCUT2D eigenvalue weighted by Crippen LogP contribution is -2.23. The van der Waals surface area contributed by atoms with Crippen LogP contribution in [0.2, 0.25) is 0 Å². The van der Waals surface area contributed by atoms with Gasteiger partial charge in [-0.1, -0.05) is 19.8 Å². The fourth-order valence-corrected chi connectivity index (χ4v) is 3.67. The summed E-state index contributed by atoms with van der Waals surface area (Å²) in [6.45, 7) is 5.64. The first-order valence-electron chi connectivity index (χ1n) is 9.01. The summed E-state index contributed by atoms with van der Waals surface area (Å²) in [6.07, 6.45) is 8.54. The molecule has 0 atom stereocenters. The topological polar surface area (TPSA) is 84.2 Å². The highest BCUT2D eigenvalue weighted by molar-refractivity contribution is 6.22. The van der Waals surface area contributed by atoms with Crippen LogP contribution in [0.3, 0.4) is 0 Å². The number of pyridine rings is 1. The third kappa shape index (κ3) is 2.99. The quantitative estimate of drug-likeness (QED) is 0.816. The predicted molar refractivity (Wildman–Crippen MR) is 102 cm³/mol. The van der Waals surface area contributed by atoms with Crippen molar-refractivity contribution in [1.82, 2.24) is 9.38 Å². The van der Waals surface area contributed by atoms with Crippen LogP contribution in [0.4, 0.5) is 0 Å². The number of nitrogens with one attached hydrogen (secondary N) is 1. The highest BCUT2D eigenvalue weighted by Crippen LogP contribution is 2.41. The Balaban J connectivity index is 2.33. The maximum Gasteiger partial charge on any atom is 0.261 e. The number of allylic oxidation sites excluding steroid dienone is 2. The standard InChI is InChI=1S/C20H26N4O/c1-4-6-15-11-23-19-18(14-7-5-8-14)16(9-10-24(19)20(15)25)17(12(2)21)13(3)22/h9-11,14,21H,4-8,22H2,1-3H3/b17-13+,21-12?. The van der Waals surface area contributed by atoms with E-state index in [2.05, 4.69) is 11.9 Å². The summed E-state index contributed by atoms with van der Waals surface area (Å²) in [5, 5.41) is 8.14. The second-order valence-electron chi connectivity index (χ2n) is 6.99. The summed E-state index contributed by atoms with van der Waals surface area (Å²) in [6, 6.07) is 1.93. The van der Waals surface area contributed by atoms with Gasteiger partial charge in [-0.05, 0) is 50.7 Å². The van der Waals surface area contributed by atoms with Crippen LogP contribution in [-0.2, 0) is 6.42 Å². The number of nitrogens with two attached hydrogens (primary N) is 1. The average Bonchev–Trinajstić information content (AvgIpc) is 2.49. The maximum atomic E-state index is 12.8. The summed E-state index contributed by atoms with van der Waals surface area (Å²) >= 11 is 0. The van der Waals surface area contributed by atoms with Crippen molar-refractivity contribution in [2.24, 2.45) is 5.73 Å². The smallest absolute Gasteiger partial charge is 0.261 e. The minimum Gasteiger partial charge on any atom is -0.402 e. The van der Waals surface area contributed by atoms with E-state index in [0.717, 1.165) is 47.9 Å². The molecule has 3 N–H and O–H groups in total. The summed E-state index contributed by atoms with van der Waals surface area (Å²) in [4.78, 5) is 17.4. The molecule has 2 aromatic heterocycles. The van der Waals surface area contributed by atoms with Crippen LogP contribution in [0.15, 0.2) is 29.0 Å². The van der Waals surface area contributed by atoms with Crippen molar-refractivity contribution < 1.29 is 0 Å². The molecule has 0 aromatic carbocycles. The molecule has 1 aliphatic carbocycles. The second kappa shape index (κ2) is 6.82. The highest BCUT2D eigenvalue weighted by atomic mass is 16.1. The molecule has 2 heterocycles. The van der Waals surface area contributed by atoms with Gasteiger partial charge in [0.2, 0.25) is 0 Å². The fraction of sp³-hybridized carbons (Fsp3) is 0.450. The van der Waals surface area contributed by atoms with Crippen molar-refractivity contribution in [2.45, 2.75) is 58.8 Å². The van der Waals surface area contributed by atoms with E-state index in [1.807, 2.05) is 13.0 Å². The van der Waals surface area contributed by atoms with E-state index >= 15 is 0 Å². The number of rotatable bonds is 5. The number of aromatic nitrogens is 2. The van der Waals surface area contributed by atoms with Crippen molar-refractivity contribution >= 4 is 16.9 Å². The zero-order chi connectivity index (χ0) is 18.1. The molecule has 2 aromatic rings. The van der Waals surface area contributed by atoms with E-state index in [1.165, 1.54) is 6.42 Å². The SMILES string of the molecule is CCCc1cnc2c(C3CCC3)c(/C(C(C)=N)=C(\C)N)ccn2c1=O. The largest absolute Gasteiger partial charge is 0.402 e. The van der Waals surface area contributed by atoms with Gasteiger partial charge in [0.05, 0.1) is 0 Å². The average molecular weight is 338 g/mol. The van der Waals surface area contributed by atoms with Crippen LogP contribution >= 0.6 is 0 Å². The van der Waals surface area contributed by atoms with Crippen molar-refractivity contribution in [2.75, 3.05) is 0 Å². The monoisotopic (exact) mass is 338 g/mol. The number of aryl methyl sites for hydroxylation is 1. The third-order valence-corrected chi connectivity index (χ3v) is 5.06. The molecular weight excluding hydrogens is 312 g/mol. The van der Waals surface area contributed by atoms with Gasteiger partial charge < -0.3 is 11.1 Å². The summed E-state index contributed by atoms with van der Waals surface area (Å²) in [5.74, 6) is 0.379. The van der Waals surface area contributed by atoms with E-state index in [9.17, 15) is 4.79 Å². The van der Waals surface area contributed by atoms with Crippen LogP contribution in [0.5, 0.6) is 0 Å². The van der Waals surface area contributed by atoms with Crippen LogP contribution in [-0.4, -0.2) is 15.1 Å². The normalized spacial score (nSPS) is 15.8. The number of hydrogen-bond donors (Lipinski definition) is 2. The van der Waals surface area contributed by atoms with Crippen LogP contribution in [0.25, 0.3) is 11.2 Å². The summed E-state index contributed by atoms with van der Waals surface area (Å²) in [7, 11) is 0. The molecule has 25 heavy (non-hydrogen) atoms. The van der Waals surface area contributed by atoms with Crippen molar-refractivity contribution in [1.29, 1.82) is 5.41 Å². The molecule has 1 fully saturated rings. The lowest BCUT2D eigenvalue weighted by atomic mass is 9.77. The van der Waals surface area contributed by atoms with Gasteiger partial charge in [0.15, 0.2) is 0 Å². The Morgan fingerprint density at radius 2 is 2.12 bits per heavy atom. The van der Waals surface area contributed by atoms with Gasteiger partial charge >= 0.3 is 0 Å². The van der Waals surface area contributed by atoms with E-state index in [0.29, 0.717) is 23.0 Å². The van der Waals surface area contributed by atoms with Gasteiger partial charge in [0, 0.05) is 40.5 Å². The summed E-state index contributed by atoms with van der Waals surface area (Å²) < 4.78 is 1.67. The lowest BCUT2D eigenvalue weighted by molar-refractivity contribution is 0.420. The number of hydrogen-bond acceptors (Lipinski definition) is 4. The van der Waals surface area contributed by atoms with Gasteiger partial charge in [-0.15, -0.1) is 0 Å². The van der Waals surface area contributed by atoms with Crippen molar-refractivity contribution in [3.05, 3.63) is 51.2 Å². The van der Waals surface area contributed by atoms with Gasteiger partial charge in [0.1, 0.15) is 5.65 Å². The second-order valence-corrected chi connectivity index (χ2v) is 6.99. The first-order chi connectivity index (χ1) is 12.0. The molecule has 0 radical (unpaired) electrons. The molecule has 0 bridgehead atoms. The van der Waals surface area contributed by atoms with Gasteiger partial charge in [-0.2, -0.15) is 0 Å². The van der Waals surface area contributed by atoms with E-state index in [4.69, 9.17) is 11.1 Å². The maximum absolute atomic E-state index is 12.8. The van der Waals surface area contributed by atoms with Crippen LogP contribution < -0.4 is 11.3 Å². The number of fused-ring (bicyclic) bond motifs is 1. The molecule has 1 saturated carbocycles. The molecule has 1 aliphatic rings. The lowest BCUT2D eigenvalue weighted by Gasteiger charge is -2.29. The van der Waals surface area contributed by atoms with Crippen LogP contribution in [0, 0.1) is 5.41 Å². The first-order valence-corrected chi connectivity index (χ1v) is 9.01. The molecule has 0 saturated heterocycles. The van der Waals surface area contributed by atoms with E-state index in [-0.39, 0.29) is 5.56 Å². The Kier molecular flexibility index (Phi) is 4.75. The minimum absolute atomic E-state index is 0.0144. The third-order valence-electron chi connectivity index (χ3n) is 5.06. The minimum atomic E-state index is 0.0144. The first kappa shape index (κ1) is 17.4. The Hall–Kier alpha value is -2.43. The highest BCUT2D eigenvalue weighted by Gasteiger charge is 2.27. The molecule has 0 amide bonds. The molecule has 5 heteroatoms. The zero-order valence-electron chi connectivity index (χ0n) is 15.2. The Labute approximate surface area is 148 Å². The summed E-state index contributed by atoms with van der Waals surface area (Å²) in [5.41, 5.74) is 11.4.